The Bertz CT molecular complexity index is 1630. The lowest BCUT2D eigenvalue weighted by Gasteiger charge is -2.32. The zero-order valence-electron chi connectivity index (χ0n) is 29.5. The van der Waals surface area contributed by atoms with E-state index in [1.807, 2.05) is 23.5 Å². The third-order valence-electron chi connectivity index (χ3n) is 9.61. The number of anilines is 2. The molecule has 0 bridgehead atoms. The molecule has 0 N–H and O–H groups in total. The summed E-state index contributed by atoms with van der Waals surface area (Å²) in [7, 11) is 0. The van der Waals surface area contributed by atoms with Crippen molar-refractivity contribution in [2.45, 2.75) is 108 Å². The highest BCUT2D eigenvalue weighted by atomic mass is 32.2. The Kier molecular flexibility index (Phi) is 10.7. The van der Waals surface area contributed by atoms with Crippen molar-refractivity contribution in [3.05, 3.63) is 118 Å². The van der Waals surface area contributed by atoms with E-state index in [0.717, 1.165) is 38.8 Å². The molecular weight excluding hydrogens is 609 g/mol. The number of unbranched alkanes of at least 4 members (excludes halogenated alkanes) is 2. The monoisotopic (exact) mass is 662 g/mol. The second-order valence-electron chi connectivity index (χ2n) is 15.4. The third kappa shape index (κ3) is 8.43. The Labute approximate surface area is 293 Å². The van der Waals surface area contributed by atoms with Crippen LogP contribution in [0.1, 0.15) is 92.9 Å². The molecule has 0 saturated heterocycles. The SMILES string of the molecule is CCCCN1C(=CC2=CC(=CC=CC3=CC(=CC4Sc5ccccc5N4CCCC)CC(C)(C)C3)CC(C)(C)C2)Sc2ccccc21. The summed E-state index contributed by atoms with van der Waals surface area (Å²) in [4.78, 5) is 7.97. The summed E-state index contributed by atoms with van der Waals surface area (Å²) in [6.07, 6.45) is 26.4. The fourth-order valence-electron chi connectivity index (χ4n) is 7.60. The molecule has 2 heterocycles. The molecule has 4 heteroatoms. The molecule has 47 heavy (non-hydrogen) atoms. The smallest absolute Gasteiger partial charge is 0.0988 e. The topological polar surface area (TPSA) is 6.48 Å². The Balaban J connectivity index is 1.22. The van der Waals surface area contributed by atoms with Crippen LogP contribution in [-0.2, 0) is 0 Å². The predicted molar refractivity (Wildman–Crippen MR) is 208 cm³/mol. The van der Waals surface area contributed by atoms with Crippen molar-refractivity contribution in [1.82, 2.24) is 0 Å². The number of rotatable bonds is 10. The van der Waals surface area contributed by atoms with Crippen molar-refractivity contribution in [1.29, 1.82) is 0 Å². The molecule has 1 unspecified atom stereocenters. The first-order valence-corrected chi connectivity index (χ1v) is 19.6. The Morgan fingerprint density at radius 1 is 0.745 bits per heavy atom. The fraction of sp³-hybridized carbons (Fsp3) is 0.442. The van der Waals surface area contributed by atoms with Crippen LogP contribution in [0.25, 0.3) is 0 Å². The molecule has 4 aliphatic rings. The van der Waals surface area contributed by atoms with E-state index in [9.17, 15) is 0 Å². The van der Waals surface area contributed by atoms with Crippen molar-refractivity contribution < 1.29 is 0 Å². The van der Waals surface area contributed by atoms with Gasteiger partial charge in [0.15, 0.2) is 0 Å². The van der Waals surface area contributed by atoms with Gasteiger partial charge in [-0.2, -0.15) is 0 Å². The highest BCUT2D eigenvalue weighted by molar-refractivity contribution is 8.03. The second-order valence-corrected chi connectivity index (χ2v) is 17.6. The minimum Gasteiger partial charge on any atom is -0.355 e. The van der Waals surface area contributed by atoms with Crippen molar-refractivity contribution in [3.63, 3.8) is 0 Å². The number of hydrogen-bond donors (Lipinski definition) is 0. The van der Waals surface area contributed by atoms with Crippen LogP contribution < -0.4 is 9.80 Å². The first kappa shape index (κ1) is 34.1. The molecule has 0 spiro atoms. The first-order chi connectivity index (χ1) is 22.6. The number of benzene rings is 2. The molecule has 2 aliphatic heterocycles. The lowest BCUT2D eigenvalue weighted by molar-refractivity contribution is 0.354. The van der Waals surface area contributed by atoms with Crippen LogP contribution in [0.15, 0.2) is 128 Å². The van der Waals surface area contributed by atoms with Crippen molar-refractivity contribution >= 4 is 34.9 Å². The van der Waals surface area contributed by atoms with E-state index in [4.69, 9.17) is 0 Å². The molecule has 248 valence electrons. The summed E-state index contributed by atoms with van der Waals surface area (Å²) >= 11 is 3.95. The van der Waals surface area contributed by atoms with Crippen LogP contribution in [0.3, 0.4) is 0 Å². The molecule has 0 aromatic heterocycles. The minimum atomic E-state index is 0.243. The van der Waals surface area contributed by atoms with E-state index < -0.39 is 0 Å². The number of thioether (sulfide) groups is 2. The molecule has 1 atom stereocenters. The molecule has 6 rings (SSSR count). The van der Waals surface area contributed by atoms with Gasteiger partial charge in [-0.25, -0.2) is 0 Å². The highest BCUT2D eigenvalue weighted by Crippen LogP contribution is 2.48. The molecule has 0 radical (unpaired) electrons. The van der Waals surface area contributed by atoms with Crippen LogP contribution in [-0.4, -0.2) is 18.5 Å². The molecular formula is C43H54N2S2. The van der Waals surface area contributed by atoms with Gasteiger partial charge in [-0.15, -0.1) is 0 Å². The maximum absolute atomic E-state index is 2.63. The van der Waals surface area contributed by atoms with Crippen molar-refractivity contribution in [2.24, 2.45) is 10.8 Å². The predicted octanol–water partition coefficient (Wildman–Crippen LogP) is 12.9. The van der Waals surface area contributed by atoms with E-state index in [2.05, 4.69) is 142 Å². The molecule has 0 amide bonds. The largest absolute Gasteiger partial charge is 0.355 e. The van der Waals surface area contributed by atoms with Gasteiger partial charge in [-0.05, 0) is 108 Å². The normalized spacial score (nSPS) is 24.3. The van der Waals surface area contributed by atoms with Gasteiger partial charge in [0.2, 0.25) is 0 Å². The quantitative estimate of drug-likeness (QED) is 0.250. The third-order valence-corrected chi connectivity index (χ3v) is 12.0. The maximum atomic E-state index is 2.63. The summed E-state index contributed by atoms with van der Waals surface area (Å²) in [5.74, 6) is 0. The number of fused-ring (bicyclic) bond motifs is 2. The lowest BCUT2D eigenvalue weighted by atomic mass is 9.74. The van der Waals surface area contributed by atoms with E-state index in [0.29, 0.717) is 5.37 Å². The van der Waals surface area contributed by atoms with Crippen LogP contribution in [0.2, 0.25) is 0 Å². The van der Waals surface area contributed by atoms with Crippen LogP contribution in [0.4, 0.5) is 11.4 Å². The number of hydrogen-bond acceptors (Lipinski definition) is 4. The van der Waals surface area contributed by atoms with E-state index in [-0.39, 0.29) is 10.8 Å². The Morgan fingerprint density at radius 2 is 1.38 bits per heavy atom. The van der Waals surface area contributed by atoms with Gasteiger partial charge in [-0.1, -0.05) is 133 Å². The van der Waals surface area contributed by atoms with Gasteiger partial charge >= 0.3 is 0 Å². The number of para-hydroxylation sites is 2. The van der Waals surface area contributed by atoms with Crippen LogP contribution >= 0.6 is 23.5 Å². The summed E-state index contributed by atoms with van der Waals surface area (Å²) in [5.41, 5.74) is 9.08. The molecule has 2 aromatic rings. The van der Waals surface area contributed by atoms with Crippen molar-refractivity contribution in [2.75, 3.05) is 22.9 Å². The molecule has 2 aliphatic carbocycles. The maximum Gasteiger partial charge on any atom is 0.0988 e. The number of allylic oxidation sites excluding steroid dienone is 10. The first-order valence-electron chi connectivity index (χ1n) is 17.9. The van der Waals surface area contributed by atoms with Gasteiger partial charge in [0.1, 0.15) is 0 Å². The zero-order chi connectivity index (χ0) is 33.0. The number of nitrogens with zero attached hydrogens (tertiary/aromatic N) is 2. The molecule has 2 aromatic carbocycles. The van der Waals surface area contributed by atoms with Gasteiger partial charge in [-0.3, -0.25) is 0 Å². The van der Waals surface area contributed by atoms with E-state index in [1.165, 1.54) is 74.2 Å². The highest BCUT2D eigenvalue weighted by Gasteiger charge is 2.31. The Hall–Kier alpha value is -2.82. The van der Waals surface area contributed by atoms with Gasteiger partial charge in [0, 0.05) is 22.9 Å². The summed E-state index contributed by atoms with van der Waals surface area (Å²) in [5, 5.41) is 1.75. The average Bonchev–Trinajstić information content (AvgIpc) is 3.54. The summed E-state index contributed by atoms with van der Waals surface area (Å²) in [6.45, 7) is 16.5. The fourth-order valence-corrected chi connectivity index (χ4v) is 10.1. The molecule has 2 nitrogen and oxygen atoms in total. The summed E-state index contributed by atoms with van der Waals surface area (Å²) in [6, 6.07) is 17.8. The van der Waals surface area contributed by atoms with Gasteiger partial charge in [0.05, 0.1) is 21.8 Å². The van der Waals surface area contributed by atoms with Gasteiger partial charge < -0.3 is 9.80 Å². The minimum absolute atomic E-state index is 0.243. The lowest BCUT2D eigenvalue weighted by Crippen LogP contribution is -2.29. The van der Waals surface area contributed by atoms with Crippen LogP contribution in [0.5, 0.6) is 0 Å². The second kappa shape index (κ2) is 14.7. The van der Waals surface area contributed by atoms with Crippen LogP contribution in [0, 0.1) is 10.8 Å². The summed E-state index contributed by atoms with van der Waals surface area (Å²) < 4.78 is 0. The average molecular weight is 663 g/mol. The van der Waals surface area contributed by atoms with E-state index >= 15 is 0 Å². The van der Waals surface area contributed by atoms with E-state index in [1.54, 1.807) is 0 Å². The van der Waals surface area contributed by atoms with Gasteiger partial charge in [0.25, 0.3) is 0 Å². The molecule has 0 saturated carbocycles. The van der Waals surface area contributed by atoms with Crippen molar-refractivity contribution in [3.8, 4) is 0 Å². The Morgan fingerprint density at radius 3 is 2.15 bits per heavy atom. The molecule has 0 fully saturated rings. The standard InChI is InChI=1S/C43H54N2S2/c1-7-9-22-44-36-18-11-13-20-38(36)46-40(44)26-34-24-32(28-42(3,4)30-34)16-15-17-33-25-35(31-43(5,6)29-33)27-41-45(23-10-8-2)37-19-12-14-21-39(37)47-41/h11-21,24-27,40H,7-10,22-23,28-31H2,1-6H3. The zero-order valence-corrected chi connectivity index (χ0v) is 31.2.